The van der Waals surface area contributed by atoms with Gasteiger partial charge in [-0.05, 0) is 17.5 Å². The Balaban J connectivity index is 0.00000112. The molecule has 2 heteroatoms. The van der Waals surface area contributed by atoms with Gasteiger partial charge in [-0.25, -0.2) is 0 Å². The van der Waals surface area contributed by atoms with Crippen molar-refractivity contribution in [3.63, 3.8) is 0 Å². The summed E-state index contributed by atoms with van der Waals surface area (Å²) in [6.07, 6.45) is 0. The topological polar surface area (TPSA) is 0 Å². The van der Waals surface area contributed by atoms with Crippen LogP contribution in [0.4, 0.5) is 5.69 Å². The van der Waals surface area contributed by atoms with Crippen molar-refractivity contribution >= 4 is 24.9 Å². The first-order chi connectivity index (χ1) is 6.59. The molecular formula is C13H20BN. The van der Waals surface area contributed by atoms with Crippen molar-refractivity contribution in [1.29, 1.82) is 0 Å². The van der Waals surface area contributed by atoms with Crippen LogP contribution in [0.15, 0.2) is 42.5 Å². The Kier molecular flexibility index (Phi) is 3.20. The number of quaternary nitrogens is 1. The van der Waals surface area contributed by atoms with Crippen LogP contribution < -0.4 is 4.48 Å². The lowest BCUT2D eigenvalue weighted by Gasteiger charge is -2.24. The van der Waals surface area contributed by atoms with Gasteiger partial charge in [0.1, 0.15) is 5.69 Å². The fourth-order valence-electron chi connectivity index (χ4n) is 1.79. The van der Waals surface area contributed by atoms with Crippen molar-refractivity contribution < 1.29 is 0 Å². The number of benzene rings is 2. The van der Waals surface area contributed by atoms with Crippen molar-refractivity contribution in [2.45, 2.75) is 0 Å². The highest BCUT2D eigenvalue weighted by Crippen LogP contribution is 2.27. The largest absolute Gasteiger partial charge is 0.298 e. The van der Waals surface area contributed by atoms with Gasteiger partial charge in [0.15, 0.2) is 0 Å². The zero-order valence-electron chi connectivity index (χ0n) is 8.99. The molecule has 0 aliphatic carbocycles. The minimum atomic E-state index is 0. The lowest BCUT2D eigenvalue weighted by Crippen LogP contribution is -2.34. The third kappa shape index (κ3) is 2.21. The SMILES string of the molecule is C[N+](C)(C)c1cccc2ccccc12.[BH4-]. The summed E-state index contributed by atoms with van der Waals surface area (Å²) in [6, 6.07) is 15.0. The molecule has 0 spiro atoms. The minimum Gasteiger partial charge on any atom is -0.298 e. The van der Waals surface area contributed by atoms with Gasteiger partial charge < -0.3 is 0 Å². The molecule has 0 radical (unpaired) electrons. The molecule has 0 fully saturated rings. The van der Waals surface area contributed by atoms with Crippen molar-refractivity contribution in [2.75, 3.05) is 21.1 Å². The number of hydrogen-bond donors (Lipinski definition) is 0. The summed E-state index contributed by atoms with van der Waals surface area (Å²) in [5, 5.41) is 2.67. The summed E-state index contributed by atoms with van der Waals surface area (Å²) in [6.45, 7) is 0. The quantitative estimate of drug-likeness (QED) is 0.485. The van der Waals surface area contributed by atoms with E-state index in [1.54, 1.807) is 0 Å². The average molecular weight is 201 g/mol. The van der Waals surface area contributed by atoms with Crippen LogP contribution in [-0.4, -0.2) is 29.6 Å². The maximum atomic E-state index is 2.20. The fraction of sp³-hybridized carbons (Fsp3) is 0.231. The summed E-state index contributed by atoms with van der Waals surface area (Å²) >= 11 is 0. The smallest absolute Gasteiger partial charge is 0.140 e. The van der Waals surface area contributed by atoms with Crippen LogP contribution in [0.25, 0.3) is 10.8 Å². The molecule has 0 aromatic heterocycles. The molecule has 80 valence electrons. The summed E-state index contributed by atoms with van der Waals surface area (Å²) < 4.78 is 0.862. The fourth-order valence-corrected chi connectivity index (χ4v) is 1.79. The summed E-state index contributed by atoms with van der Waals surface area (Å²) in [5.41, 5.74) is 1.36. The lowest BCUT2D eigenvalue weighted by molar-refractivity contribution is 0.490. The Morgan fingerprint density at radius 2 is 1.40 bits per heavy atom. The molecule has 0 amide bonds. The Hall–Kier alpha value is -1.28. The van der Waals surface area contributed by atoms with Gasteiger partial charge in [0, 0.05) is 5.39 Å². The van der Waals surface area contributed by atoms with Gasteiger partial charge in [-0.3, -0.25) is 4.48 Å². The molecule has 0 N–H and O–H groups in total. The predicted molar refractivity (Wildman–Crippen MR) is 74.8 cm³/mol. The molecule has 2 aromatic rings. The maximum Gasteiger partial charge on any atom is 0.140 e. The Labute approximate surface area is 93.5 Å². The third-order valence-corrected chi connectivity index (χ3v) is 2.49. The van der Waals surface area contributed by atoms with Gasteiger partial charge in [-0.2, -0.15) is 0 Å². The molecule has 0 saturated heterocycles. The van der Waals surface area contributed by atoms with Gasteiger partial charge in [-0.1, -0.05) is 38.7 Å². The average Bonchev–Trinajstić information content (AvgIpc) is 2.15. The second kappa shape index (κ2) is 4.07. The highest BCUT2D eigenvalue weighted by molar-refractivity contribution is 5.93. The molecule has 0 atom stereocenters. The first kappa shape index (κ1) is 11.8. The van der Waals surface area contributed by atoms with E-state index in [2.05, 4.69) is 63.6 Å². The molecule has 2 rings (SSSR count). The summed E-state index contributed by atoms with van der Waals surface area (Å²) in [7, 11) is 6.59. The zero-order valence-corrected chi connectivity index (χ0v) is 8.99. The molecule has 0 aliphatic rings. The number of rotatable bonds is 1. The molecule has 0 aliphatic heterocycles. The second-order valence-corrected chi connectivity index (χ2v) is 4.51. The normalized spacial score (nSPS) is 11.1. The third-order valence-electron chi connectivity index (χ3n) is 2.49. The van der Waals surface area contributed by atoms with E-state index < -0.39 is 0 Å². The molecule has 15 heavy (non-hydrogen) atoms. The van der Waals surface area contributed by atoms with Crippen molar-refractivity contribution in [3.05, 3.63) is 42.5 Å². The highest BCUT2D eigenvalue weighted by atomic mass is 15.3. The number of fused-ring (bicyclic) bond motifs is 1. The van der Waals surface area contributed by atoms with Gasteiger partial charge in [0.2, 0.25) is 0 Å². The van der Waals surface area contributed by atoms with Crippen LogP contribution in [0.2, 0.25) is 0 Å². The van der Waals surface area contributed by atoms with Crippen LogP contribution in [-0.2, 0) is 0 Å². The highest BCUT2D eigenvalue weighted by Gasteiger charge is 2.14. The van der Waals surface area contributed by atoms with Crippen LogP contribution in [0.5, 0.6) is 0 Å². The first-order valence-corrected chi connectivity index (χ1v) is 4.89. The summed E-state index contributed by atoms with van der Waals surface area (Å²) in [5.74, 6) is 0. The van der Waals surface area contributed by atoms with E-state index >= 15 is 0 Å². The van der Waals surface area contributed by atoms with Crippen molar-refractivity contribution in [3.8, 4) is 0 Å². The van der Waals surface area contributed by atoms with E-state index in [1.807, 2.05) is 0 Å². The molecule has 0 heterocycles. The number of hydrogen-bond acceptors (Lipinski definition) is 0. The molecule has 0 bridgehead atoms. The molecule has 0 unspecified atom stereocenters. The molecule has 1 nitrogen and oxygen atoms in total. The van der Waals surface area contributed by atoms with Gasteiger partial charge >= 0.3 is 0 Å². The second-order valence-electron chi connectivity index (χ2n) is 4.51. The van der Waals surface area contributed by atoms with Crippen LogP contribution in [0.3, 0.4) is 0 Å². The maximum absolute atomic E-state index is 2.20. The molecule has 0 saturated carbocycles. The Bertz CT molecular complexity index is 452. The van der Waals surface area contributed by atoms with E-state index in [0.29, 0.717) is 0 Å². The van der Waals surface area contributed by atoms with Crippen molar-refractivity contribution in [1.82, 2.24) is 4.48 Å². The lowest BCUT2D eigenvalue weighted by atomic mass is 10.1. The van der Waals surface area contributed by atoms with E-state index in [4.69, 9.17) is 0 Å². The van der Waals surface area contributed by atoms with Crippen LogP contribution in [0, 0.1) is 0 Å². The van der Waals surface area contributed by atoms with E-state index in [-0.39, 0.29) is 8.41 Å². The van der Waals surface area contributed by atoms with Crippen molar-refractivity contribution in [2.24, 2.45) is 0 Å². The van der Waals surface area contributed by atoms with E-state index in [9.17, 15) is 0 Å². The Morgan fingerprint density at radius 3 is 2.07 bits per heavy atom. The standard InChI is InChI=1S/C13H16N.BH4/c1-14(2,3)13-10-6-8-11-7-4-5-9-12(11)13;/h4-10H,1-3H3;1H4/q+1;-1. The first-order valence-electron chi connectivity index (χ1n) is 4.89. The van der Waals surface area contributed by atoms with Gasteiger partial charge in [0.05, 0.1) is 21.1 Å². The van der Waals surface area contributed by atoms with Crippen LogP contribution >= 0.6 is 0 Å². The summed E-state index contributed by atoms with van der Waals surface area (Å²) in [4.78, 5) is 0. The predicted octanol–water partition coefficient (Wildman–Crippen LogP) is 1.58. The number of nitrogens with zero attached hydrogens (tertiary/aromatic N) is 1. The van der Waals surface area contributed by atoms with Gasteiger partial charge in [0.25, 0.3) is 0 Å². The van der Waals surface area contributed by atoms with Gasteiger partial charge in [-0.15, -0.1) is 0 Å². The minimum absolute atomic E-state index is 0. The van der Waals surface area contributed by atoms with E-state index in [0.717, 1.165) is 4.48 Å². The zero-order chi connectivity index (χ0) is 10.2. The van der Waals surface area contributed by atoms with E-state index in [1.165, 1.54) is 16.5 Å². The monoisotopic (exact) mass is 201 g/mol. The Morgan fingerprint density at radius 1 is 0.800 bits per heavy atom. The molecular weight excluding hydrogens is 181 g/mol. The molecule has 2 aromatic carbocycles. The van der Waals surface area contributed by atoms with Crippen LogP contribution in [0.1, 0.15) is 0 Å².